The molecule has 1 aromatic heterocycles. The van der Waals surface area contributed by atoms with Crippen LogP contribution >= 0.6 is 0 Å². The van der Waals surface area contributed by atoms with Gasteiger partial charge in [-0.05, 0) is 6.07 Å². The van der Waals surface area contributed by atoms with Crippen LogP contribution in [0.25, 0.3) is 0 Å². The van der Waals surface area contributed by atoms with Gasteiger partial charge in [0.25, 0.3) is 0 Å². The summed E-state index contributed by atoms with van der Waals surface area (Å²) in [6.07, 6.45) is 1.75. The number of hydrogen-bond donors (Lipinski definition) is 3. The SMILES string of the molecule is O=C(O)CNC(=O)CNS(=O)(=O)c1cncc(F)c1. The molecule has 1 heterocycles. The number of nitrogens with zero attached hydrogens (tertiary/aromatic N) is 1. The lowest BCUT2D eigenvalue weighted by molar-refractivity contribution is -0.137. The van der Waals surface area contributed by atoms with Crippen molar-refractivity contribution in [1.82, 2.24) is 15.0 Å². The van der Waals surface area contributed by atoms with Gasteiger partial charge in [-0.2, -0.15) is 0 Å². The van der Waals surface area contributed by atoms with Crippen molar-refractivity contribution in [3.63, 3.8) is 0 Å². The monoisotopic (exact) mass is 291 g/mol. The number of amides is 1. The summed E-state index contributed by atoms with van der Waals surface area (Å²) >= 11 is 0. The molecule has 0 saturated heterocycles. The van der Waals surface area contributed by atoms with Crippen LogP contribution in [0.2, 0.25) is 0 Å². The lowest BCUT2D eigenvalue weighted by Crippen LogP contribution is -2.39. The summed E-state index contributed by atoms with van der Waals surface area (Å²) in [5.41, 5.74) is 0. The van der Waals surface area contributed by atoms with E-state index < -0.39 is 45.7 Å². The molecule has 0 aliphatic carbocycles. The fourth-order valence-corrected chi connectivity index (χ4v) is 1.98. The number of nitrogens with one attached hydrogen (secondary N) is 2. The highest BCUT2D eigenvalue weighted by atomic mass is 32.2. The van der Waals surface area contributed by atoms with Gasteiger partial charge in [-0.1, -0.05) is 0 Å². The summed E-state index contributed by atoms with van der Waals surface area (Å²) in [6, 6.07) is 0.741. The summed E-state index contributed by atoms with van der Waals surface area (Å²) < 4.78 is 37.9. The molecule has 8 nitrogen and oxygen atoms in total. The molecule has 19 heavy (non-hydrogen) atoms. The molecule has 3 N–H and O–H groups in total. The van der Waals surface area contributed by atoms with Gasteiger partial charge in [0, 0.05) is 6.20 Å². The van der Waals surface area contributed by atoms with E-state index in [4.69, 9.17) is 5.11 Å². The van der Waals surface area contributed by atoms with Gasteiger partial charge in [0.2, 0.25) is 15.9 Å². The Labute approximate surface area is 107 Å². The summed E-state index contributed by atoms with van der Waals surface area (Å²) in [4.78, 5) is 24.2. The summed E-state index contributed by atoms with van der Waals surface area (Å²) in [7, 11) is -4.08. The van der Waals surface area contributed by atoms with Gasteiger partial charge < -0.3 is 10.4 Å². The molecule has 0 bridgehead atoms. The second-order valence-electron chi connectivity index (χ2n) is 3.33. The number of rotatable bonds is 6. The molecule has 1 amide bonds. The molecule has 0 radical (unpaired) electrons. The van der Waals surface area contributed by atoms with Crippen molar-refractivity contribution in [2.75, 3.05) is 13.1 Å². The number of carbonyl (C=O) groups excluding carboxylic acids is 1. The first-order valence-electron chi connectivity index (χ1n) is 4.90. The number of carboxylic acid groups (broad SMARTS) is 1. The highest BCUT2D eigenvalue weighted by molar-refractivity contribution is 7.89. The zero-order chi connectivity index (χ0) is 14.5. The largest absolute Gasteiger partial charge is 0.480 e. The molecule has 0 spiro atoms. The van der Waals surface area contributed by atoms with Crippen molar-refractivity contribution in [3.8, 4) is 0 Å². The van der Waals surface area contributed by atoms with Crippen LogP contribution in [-0.4, -0.2) is 43.5 Å². The maximum atomic E-state index is 12.8. The zero-order valence-electron chi connectivity index (χ0n) is 9.46. The van der Waals surface area contributed by atoms with Gasteiger partial charge in [0.1, 0.15) is 17.3 Å². The van der Waals surface area contributed by atoms with Crippen molar-refractivity contribution in [1.29, 1.82) is 0 Å². The smallest absolute Gasteiger partial charge is 0.322 e. The molecule has 0 atom stereocenters. The molecule has 1 aromatic rings. The Morgan fingerprint density at radius 3 is 2.58 bits per heavy atom. The molecular formula is C9H10FN3O5S. The Balaban J connectivity index is 2.61. The molecule has 1 rings (SSSR count). The van der Waals surface area contributed by atoms with Crippen LogP contribution in [0, 0.1) is 5.82 Å². The summed E-state index contributed by atoms with van der Waals surface area (Å²) in [6.45, 7) is -1.28. The Morgan fingerprint density at radius 2 is 2.00 bits per heavy atom. The standard InChI is InChI=1S/C9H10FN3O5S/c10-6-1-7(3-11-2-6)19(17,18)13-4-8(14)12-5-9(15)16/h1-3,13H,4-5H2,(H,12,14)(H,15,16). The quantitative estimate of drug-likeness (QED) is 0.598. The van der Waals surface area contributed by atoms with Gasteiger partial charge in [-0.3, -0.25) is 14.6 Å². The molecule has 0 aromatic carbocycles. The van der Waals surface area contributed by atoms with E-state index in [0.29, 0.717) is 0 Å². The van der Waals surface area contributed by atoms with Crippen LogP contribution in [0.5, 0.6) is 0 Å². The van der Waals surface area contributed by atoms with E-state index in [2.05, 4.69) is 4.98 Å². The Bertz CT molecular complexity index is 589. The van der Waals surface area contributed by atoms with Crippen LogP contribution in [0.4, 0.5) is 4.39 Å². The fourth-order valence-electron chi connectivity index (χ4n) is 1.02. The minimum Gasteiger partial charge on any atom is -0.480 e. The van der Waals surface area contributed by atoms with Gasteiger partial charge in [-0.15, -0.1) is 0 Å². The molecule has 0 aliphatic heterocycles. The van der Waals surface area contributed by atoms with E-state index in [1.165, 1.54) is 0 Å². The number of halogens is 1. The van der Waals surface area contributed by atoms with Gasteiger partial charge in [0.15, 0.2) is 0 Å². The average Bonchev–Trinajstić information content (AvgIpc) is 2.34. The van der Waals surface area contributed by atoms with Crippen molar-refractivity contribution < 1.29 is 27.5 Å². The number of sulfonamides is 1. The molecule has 0 fully saturated rings. The molecule has 0 aliphatic rings. The first kappa shape index (κ1) is 15.0. The van der Waals surface area contributed by atoms with Gasteiger partial charge in [-0.25, -0.2) is 17.5 Å². The predicted octanol–water partition coefficient (Wildman–Crippen LogP) is -1.30. The van der Waals surface area contributed by atoms with E-state index in [1.54, 1.807) is 0 Å². The van der Waals surface area contributed by atoms with Crippen molar-refractivity contribution in [2.24, 2.45) is 0 Å². The maximum absolute atomic E-state index is 12.8. The van der Waals surface area contributed by atoms with E-state index in [1.807, 2.05) is 10.0 Å². The third kappa shape index (κ3) is 4.97. The molecular weight excluding hydrogens is 281 g/mol. The van der Waals surface area contributed by atoms with Crippen LogP contribution < -0.4 is 10.0 Å². The Morgan fingerprint density at radius 1 is 1.32 bits per heavy atom. The van der Waals surface area contributed by atoms with E-state index in [0.717, 1.165) is 18.5 Å². The topological polar surface area (TPSA) is 125 Å². The van der Waals surface area contributed by atoms with Crippen molar-refractivity contribution >= 4 is 21.9 Å². The number of carboxylic acids is 1. The Kier molecular flexibility index (Phi) is 4.89. The third-order valence-corrected chi connectivity index (χ3v) is 3.22. The van der Waals surface area contributed by atoms with E-state index >= 15 is 0 Å². The maximum Gasteiger partial charge on any atom is 0.322 e. The predicted molar refractivity (Wildman–Crippen MR) is 60.0 cm³/mol. The van der Waals surface area contributed by atoms with Crippen LogP contribution in [0.1, 0.15) is 0 Å². The van der Waals surface area contributed by atoms with E-state index in [-0.39, 0.29) is 0 Å². The normalized spacial score (nSPS) is 11.0. The summed E-state index contributed by atoms with van der Waals surface area (Å²) in [5, 5.41) is 10.3. The molecule has 10 heteroatoms. The number of hydrogen-bond acceptors (Lipinski definition) is 5. The van der Waals surface area contributed by atoms with Crippen molar-refractivity contribution in [2.45, 2.75) is 4.90 Å². The Hall–Kier alpha value is -2.07. The fraction of sp³-hybridized carbons (Fsp3) is 0.222. The van der Waals surface area contributed by atoms with Crippen LogP contribution in [0.3, 0.4) is 0 Å². The van der Waals surface area contributed by atoms with Gasteiger partial charge in [0.05, 0.1) is 12.7 Å². The van der Waals surface area contributed by atoms with E-state index in [9.17, 15) is 22.4 Å². The lowest BCUT2D eigenvalue weighted by Gasteiger charge is -2.06. The molecule has 0 saturated carbocycles. The van der Waals surface area contributed by atoms with Crippen LogP contribution in [0.15, 0.2) is 23.4 Å². The number of aliphatic carboxylic acids is 1. The average molecular weight is 291 g/mol. The first-order valence-corrected chi connectivity index (χ1v) is 6.38. The zero-order valence-corrected chi connectivity index (χ0v) is 10.3. The number of pyridine rings is 1. The molecule has 0 unspecified atom stereocenters. The second kappa shape index (κ2) is 6.20. The first-order chi connectivity index (χ1) is 8.81. The van der Waals surface area contributed by atoms with Gasteiger partial charge >= 0.3 is 5.97 Å². The summed E-state index contributed by atoms with van der Waals surface area (Å²) in [5.74, 6) is -2.92. The molecule has 104 valence electrons. The minimum atomic E-state index is -4.08. The number of aromatic nitrogens is 1. The highest BCUT2D eigenvalue weighted by Crippen LogP contribution is 2.07. The van der Waals surface area contributed by atoms with Crippen LogP contribution in [-0.2, 0) is 19.6 Å². The lowest BCUT2D eigenvalue weighted by atomic mass is 10.5. The second-order valence-corrected chi connectivity index (χ2v) is 5.10. The third-order valence-electron chi connectivity index (χ3n) is 1.85. The van der Waals surface area contributed by atoms with Crippen molar-refractivity contribution in [3.05, 3.63) is 24.3 Å². The number of carbonyl (C=O) groups is 2. The minimum absolute atomic E-state index is 0.432. The highest BCUT2D eigenvalue weighted by Gasteiger charge is 2.16.